The highest BCUT2D eigenvalue weighted by atomic mass is 16.5. The highest BCUT2D eigenvalue weighted by Gasteiger charge is 2.19. The molecule has 7 heteroatoms. The van der Waals surface area contributed by atoms with Gasteiger partial charge in [-0.05, 0) is 77.9 Å². The summed E-state index contributed by atoms with van der Waals surface area (Å²) in [5.41, 5.74) is 5.79. The number of aryl methyl sites for hydroxylation is 1. The molecule has 5 rings (SSSR count). The van der Waals surface area contributed by atoms with Crippen molar-refractivity contribution in [2.75, 3.05) is 14.2 Å². The van der Waals surface area contributed by atoms with E-state index in [0.29, 0.717) is 41.3 Å². The molecule has 5 aromatic rings. The van der Waals surface area contributed by atoms with E-state index in [9.17, 15) is 4.79 Å². The fourth-order valence-corrected chi connectivity index (χ4v) is 5.21. The van der Waals surface area contributed by atoms with E-state index in [-0.39, 0.29) is 11.5 Å². The molecule has 0 fully saturated rings. The zero-order valence-electron chi connectivity index (χ0n) is 25.8. The maximum atomic E-state index is 13.9. The van der Waals surface area contributed by atoms with Crippen LogP contribution in [0.3, 0.4) is 0 Å². The number of benzene rings is 4. The molecule has 0 aliphatic rings. The number of hydrogen-bond donors (Lipinski definition) is 0. The van der Waals surface area contributed by atoms with E-state index in [1.165, 1.54) is 4.68 Å². The Morgan fingerprint density at radius 3 is 2.39 bits per heavy atom. The number of aromatic nitrogens is 2. The molecule has 0 unspecified atom stereocenters. The number of allylic oxidation sites excluding steroid dienone is 1. The van der Waals surface area contributed by atoms with Gasteiger partial charge in [-0.25, -0.2) is 4.98 Å². The first-order valence-electron chi connectivity index (χ1n) is 14.6. The third kappa shape index (κ3) is 6.27. The van der Waals surface area contributed by atoms with Crippen molar-refractivity contribution >= 4 is 17.1 Å². The number of rotatable bonds is 11. The maximum Gasteiger partial charge on any atom is 0.282 e. The lowest BCUT2D eigenvalue weighted by Gasteiger charge is -2.17. The van der Waals surface area contributed by atoms with Gasteiger partial charge in [0, 0.05) is 11.1 Å². The highest BCUT2D eigenvalue weighted by Crippen LogP contribution is 2.35. The molecule has 0 atom stereocenters. The molecule has 224 valence electrons. The molecule has 44 heavy (non-hydrogen) atoms. The van der Waals surface area contributed by atoms with E-state index in [0.717, 1.165) is 39.1 Å². The van der Waals surface area contributed by atoms with Crippen molar-refractivity contribution in [1.82, 2.24) is 9.66 Å². The molecule has 4 aromatic carbocycles. The zero-order chi connectivity index (χ0) is 31.2. The predicted molar refractivity (Wildman–Crippen MR) is 177 cm³/mol. The van der Waals surface area contributed by atoms with Crippen LogP contribution in [0, 0.1) is 6.92 Å². The number of para-hydroxylation sites is 1. The SMILES string of the molecule is C=CCc1cc(C=Nn2c(-c3cc(C(C)C)c(OC)cc3C)nc3ccccc3c2=O)cc(OC)c1OCc1ccccc1. The first-order valence-corrected chi connectivity index (χ1v) is 14.6. The maximum absolute atomic E-state index is 13.9. The Bertz CT molecular complexity index is 1890. The van der Waals surface area contributed by atoms with Gasteiger partial charge in [0.1, 0.15) is 12.4 Å². The van der Waals surface area contributed by atoms with Gasteiger partial charge in [0.15, 0.2) is 17.3 Å². The lowest BCUT2D eigenvalue weighted by Crippen LogP contribution is -2.21. The molecule has 0 aliphatic carbocycles. The van der Waals surface area contributed by atoms with E-state index in [1.54, 1.807) is 26.5 Å². The highest BCUT2D eigenvalue weighted by molar-refractivity contribution is 5.83. The van der Waals surface area contributed by atoms with Crippen LogP contribution in [0.2, 0.25) is 0 Å². The summed E-state index contributed by atoms with van der Waals surface area (Å²) in [5.74, 6) is 2.67. The number of nitrogens with zero attached hydrogens (tertiary/aromatic N) is 3. The van der Waals surface area contributed by atoms with Gasteiger partial charge in [0.2, 0.25) is 0 Å². The summed E-state index contributed by atoms with van der Waals surface area (Å²) in [6.45, 7) is 10.5. The molecule has 0 amide bonds. The number of hydrogen-bond acceptors (Lipinski definition) is 6. The number of methoxy groups -OCH3 is 2. The van der Waals surface area contributed by atoms with Crippen molar-refractivity contribution in [3.05, 3.63) is 130 Å². The van der Waals surface area contributed by atoms with Crippen LogP contribution in [0.5, 0.6) is 17.2 Å². The van der Waals surface area contributed by atoms with Gasteiger partial charge in [-0.1, -0.05) is 62.4 Å². The Morgan fingerprint density at radius 2 is 1.68 bits per heavy atom. The van der Waals surface area contributed by atoms with Crippen LogP contribution in [-0.4, -0.2) is 30.1 Å². The summed E-state index contributed by atoms with van der Waals surface area (Å²) >= 11 is 0. The van der Waals surface area contributed by atoms with Crippen molar-refractivity contribution < 1.29 is 14.2 Å². The van der Waals surface area contributed by atoms with Gasteiger partial charge in [0.25, 0.3) is 5.56 Å². The van der Waals surface area contributed by atoms with Crippen molar-refractivity contribution in [2.24, 2.45) is 5.10 Å². The van der Waals surface area contributed by atoms with Gasteiger partial charge in [-0.15, -0.1) is 6.58 Å². The standard InChI is InChI=1S/C37H37N3O4/c1-7-13-28-19-27(20-34(43-6)35(28)44-23-26-14-9-8-10-15-26)22-38-40-36(39-32-17-12-11-16-29(32)37(40)41)31-21-30(24(2)3)33(42-5)18-25(31)4/h7-12,14-22,24H,1,13,23H2,2-6H3. The molecule has 0 bridgehead atoms. The number of fused-ring (bicyclic) bond motifs is 1. The number of ether oxygens (including phenoxy) is 3. The monoisotopic (exact) mass is 587 g/mol. The fraction of sp³-hybridized carbons (Fsp3) is 0.216. The fourth-order valence-electron chi connectivity index (χ4n) is 5.21. The van der Waals surface area contributed by atoms with Crippen molar-refractivity contribution in [2.45, 2.75) is 39.7 Å². The van der Waals surface area contributed by atoms with E-state index in [2.05, 4.69) is 20.4 Å². The average molecular weight is 588 g/mol. The van der Waals surface area contributed by atoms with Crippen LogP contribution in [0.25, 0.3) is 22.3 Å². The van der Waals surface area contributed by atoms with E-state index in [4.69, 9.17) is 24.3 Å². The second-order valence-corrected chi connectivity index (χ2v) is 10.9. The molecule has 0 saturated carbocycles. The first-order chi connectivity index (χ1) is 21.3. The third-order valence-corrected chi connectivity index (χ3v) is 7.48. The smallest absolute Gasteiger partial charge is 0.282 e. The van der Waals surface area contributed by atoms with Crippen molar-refractivity contribution in [1.29, 1.82) is 0 Å². The van der Waals surface area contributed by atoms with Gasteiger partial charge < -0.3 is 14.2 Å². The largest absolute Gasteiger partial charge is 0.496 e. The van der Waals surface area contributed by atoms with Crippen LogP contribution >= 0.6 is 0 Å². The minimum absolute atomic E-state index is 0.201. The Morgan fingerprint density at radius 1 is 0.955 bits per heavy atom. The molecule has 0 aliphatic heterocycles. The van der Waals surface area contributed by atoms with Crippen molar-refractivity contribution in [3.8, 4) is 28.6 Å². The molecular formula is C37H37N3O4. The van der Waals surface area contributed by atoms with Crippen LogP contribution in [0.1, 0.15) is 47.6 Å². The molecule has 7 nitrogen and oxygen atoms in total. The van der Waals surface area contributed by atoms with E-state index >= 15 is 0 Å². The lowest BCUT2D eigenvalue weighted by atomic mass is 9.96. The van der Waals surface area contributed by atoms with Gasteiger partial charge >= 0.3 is 0 Å². The molecule has 0 saturated heterocycles. The quantitative estimate of drug-likeness (QED) is 0.117. The van der Waals surface area contributed by atoms with Crippen LogP contribution in [0.4, 0.5) is 0 Å². The van der Waals surface area contributed by atoms with Gasteiger partial charge in [0.05, 0.1) is 31.3 Å². The van der Waals surface area contributed by atoms with Crippen LogP contribution < -0.4 is 19.8 Å². The Labute approximate surface area is 258 Å². The summed E-state index contributed by atoms with van der Waals surface area (Å²) in [7, 11) is 3.28. The summed E-state index contributed by atoms with van der Waals surface area (Å²) in [6, 6.07) is 25.1. The molecule has 0 radical (unpaired) electrons. The minimum Gasteiger partial charge on any atom is -0.496 e. The summed E-state index contributed by atoms with van der Waals surface area (Å²) in [6.07, 6.45) is 4.03. The topological polar surface area (TPSA) is 74.9 Å². The Balaban J connectivity index is 1.63. The zero-order valence-corrected chi connectivity index (χ0v) is 25.8. The second-order valence-electron chi connectivity index (χ2n) is 10.9. The normalized spacial score (nSPS) is 11.3. The third-order valence-electron chi connectivity index (χ3n) is 7.48. The Kier molecular flexibility index (Phi) is 9.24. The summed E-state index contributed by atoms with van der Waals surface area (Å²) in [5, 5.41) is 5.21. The molecule has 1 heterocycles. The van der Waals surface area contributed by atoms with E-state index < -0.39 is 0 Å². The van der Waals surface area contributed by atoms with E-state index in [1.807, 2.05) is 85.8 Å². The molecular weight excluding hydrogens is 550 g/mol. The Hall–Kier alpha value is -5.17. The first kappa shape index (κ1) is 30.3. The average Bonchev–Trinajstić information content (AvgIpc) is 3.03. The lowest BCUT2D eigenvalue weighted by molar-refractivity contribution is 0.282. The van der Waals surface area contributed by atoms with Crippen molar-refractivity contribution in [3.63, 3.8) is 0 Å². The van der Waals surface area contributed by atoms with Crippen LogP contribution in [0.15, 0.2) is 101 Å². The summed E-state index contributed by atoms with van der Waals surface area (Å²) in [4.78, 5) is 18.8. The minimum atomic E-state index is -0.260. The molecule has 0 spiro atoms. The van der Waals surface area contributed by atoms with Gasteiger partial charge in [-0.2, -0.15) is 9.78 Å². The predicted octanol–water partition coefficient (Wildman–Crippen LogP) is 7.70. The van der Waals surface area contributed by atoms with Crippen LogP contribution in [-0.2, 0) is 13.0 Å². The second kappa shape index (κ2) is 13.4. The molecule has 0 N–H and O–H groups in total. The summed E-state index contributed by atoms with van der Waals surface area (Å²) < 4.78 is 19.0. The molecule has 1 aromatic heterocycles. The van der Waals surface area contributed by atoms with Gasteiger partial charge in [-0.3, -0.25) is 4.79 Å².